The minimum Gasteiger partial charge on any atom is -0.394 e. The summed E-state index contributed by atoms with van der Waals surface area (Å²) in [6.07, 6.45) is -19.3. The molecule has 0 spiro atoms. The third kappa shape index (κ3) is 35.7. The number of carbonyl (C=O) groups excluding carboxylic acids is 11. The van der Waals surface area contributed by atoms with Crippen LogP contribution >= 0.6 is 15.2 Å². The van der Waals surface area contributed by atoms with Gasteiger partial charge in [0.2, 0.25) is 72.5 Å². The Morgan fingerprint density at radius 1 is 0.479 bits per heavy atom. The van der Waals surface area contributed by atoms with Crippen LogP contribution < -0.4 is 53.2 Å². The first-order chi connectivity index (χ1) is 55.3. The number of carbonyl (C=O) groups is 11. The molecule has 21 N–H and O–H groups in total. The molecule has 5 aliphatic rings. The van der Waals surface area contributed by atoms with Gasteiger partial charge in [-0.1, -0.05) is 0 Å². The van der Waals surface area contributed by atoms with Crippen molar-refractivity contribution in [3.63, 3.8) is 0 Å². The molecule has 0 aromatic rings. The first-order valence-electron chi connectivity index (χ1n) is 37.7. The Balaban J connectivity index is 1.26. The van der Waals surface area contributed by atoms with Gasteiger partial charge in [-0.15, -0.1) is 0 Å². The summed E-state index contributed by atoms with van der Waals surface area (Å²) in [5, 5.41) is 116. The summed E-state index contributed by atoms with van der Waals surface area (Å²) in [5.74, 6) is -7.19. The molecule has 50 heteroatoms. The van der Waals surface area contributed by atoms with E-state index in [1.807, 2.05) is 0 Å². The van der Waals surface area contributed by atoms with E-state index in [2.05, 4.69) is 59.5 Å². The molecule has 0 aromatic heterocycles. The van der Waals surface area contributed by atoms with Crippen molar-refractivity contribution >= 4 is 86.4 Å². The lowest BCUT2D eigenvalue weighted by molar-refractivity contribution is -0.270. The summed E-state index contributed by atoms with van der Waals surface area (Å²) in [4.78, 5) is 164. The van der Waals surface area contributed by atoms with Gasteiger partial charge >= 0.3 is 7.60 Å². The van der Waals surface area contributed by atoms with Crippen LogP contribution in [0.3, 0.4) is 0 Å². The zero-order valence-corrected chi connectivity index (χ0v) is 67.7. The average Bonchev–Trinajstić information content (AvgIpc) is 1.33. The molecule has 5 rings (SSSR count). The molecule has 5 heterocycles. The van der Waals surface area contributed by atoms with Crippen LogP contribution in [-0.2, 0) is 123 Å². The third-order valence-electron chi connectivity index (χ3n) is 18.5. The summed E-state index contributed by atoms with van der Waals surface area (Å²) in [6, 6.07) is -4.59. The minimum absolute atomic E-state index is 0.0192. The van der Waals surface area contributed by atoms with E-state index in [4.69, 9.17) is 65.7 Å². The molecule has 672 valence electrons. The lowest BCUT2D eigenvalue weighted by Gasteiger charge is -2.42. The van der Waals surface area contributed by atoms with Gasteiger partial charge in [0, 0.05) is 60.4 Å². The molecule has 117 heavy (non-hydrogen) atoms. The highest BCUT2D eigenvalue weighted by Crippen LogP contribution is 2.48. The second-order valence-corrected chi connectivity index (χ2v) is 31.8. The SMILES string of the molecule is C=P(O)(OC[C@@H]1C[C@@H](OC)CN1C(=O)CCC(=O)NC(COCCC(=O)NCNC(=O)CCO[C@@H]1OC(CO)[C@H](O)[C@H](O)C1NC(C)=O)(COCCC(=O)NCNC(=O)CCO[C@@H]1OC(CO)[C@H](O)[C@H](O)C1NC(C)=O)COCCC(=O)NCNC(=O)CCO[C@@H]1OC(CO)[C@H](O)[C@H](O)C1NC(C)=O)OC1C[C@H](C)O[C@@H]1COP(C)(=O)O. The van der Waals surface area contributed by atoms with Gasteiger partial charge in [-0.3, -0.25) is 57.3 Å². The van der Waals surface area contributed by atoms with Crippen LogP contribution in [0, 0.1) is 0 Å². The van der Waals surface area contributed by atoms with Gasteiger partial charge < -0.3 is 179 Å². The molecule has 0 aliphatic carbocycles. The molecule has 0 bridgehead atoms. The number of nitrogens with zero attached hydrogens (tertiary/aromatic N) is 1. The summed E-state index contributed by atoms with van der Waals surface area (Å²) in [6.45, 7) is -1.82. The maximum Gasteiger partial charge on any atom is 0.325 e. The molecule has 22 atom stereocenters. The Labute approximate surface area is 673 Å². The molecule has 0 aromatic carbocycles. The number of rotatable bonds is 52. The number of ether oxygens (including phenoxy) is 11. The van der Waals surface area contributed by atoms with Crippen LogP contribution in [0.5, 0.6) is 0 Å². The highest BCUT2D eigenvalue weighted by molar-refractivity contribution is 7.58. The van der Waals surface area contributed by atoms with E-state index in [1.165, 1.54) is 12.0 Å². The average molecular weight is 1730 g/mol. The highest BCUT2D eigenvalue weighted by Gasteiger charge is 2.49. The van der Waals surface area contributed by atoms with Crippen LogP contribution in [0.25, 0.3) is 0 Å². The van der Waals surface area contributed by atoms with Crippen LogP contribution in [0.1, 0.15) is 91.9 Å². The largest absolute Gasteiger partial charge is 0.394 e. The maximum absolute atomic E-state index is 14.4. The van der Waals surface area contributed by atoms with Crippen molar-refractivity contribution in [2.45, 2.75) is 220 Å². The molecule has 5 aliphatic heterocycles. The maximum atomic E-state index is 14.4. The summed E-state index contributed by atoms with van der Waals surface area (Å²) < 4.78 is 91.2. The molecule has 5 fully saturated rings. The standard InChI is InChI=1S/C67H117N11O37P2/c1-36-22-42(46(111-36)29-109-116(6,99)100)115-117(7,101)110-28-40-23-41(102-5)24-78(40)54(92)9-8-53(91)77-67(30-103-16-10-47(85)68-33-71-50(88)13-19-106-64-55(74-37(2)82)61(96)58(93)43(25-79)112-64,31-104-17-11-48(86)69-34-72-51(89)14-20-107-65-56(75-38(3)83)62(97)59(94)44(26-80)113-65)32-105-18-12-49(87)70-35-73-52(90)15-21-108-66-57(76-39(4)84)63(98)60(95)45(27-81)114-66/h36,40-46,55-66,79-81,93-98,101H,7-35H2,1-6H3,(H,68,85)(H,69,86)(H,70,87)(H,71,88)(H,72,89)(H,73,90)(H,74,82)(H,75,83)(H,76,84)(H,77,91)(H,99,100)/t36-,40-,41+,42?,43?,44?,45?,46+,55?,56?,57?,58-,59-,60-,61+,62+,63+,64+,65+,66+,67?,117?/m0/s1. The van der Waals surface area contributed by atoms with Crippen molar-refractivity contribution in [2.75, 3.05) is 133 Å². The second-order valence-electron chi connectivity index (χ2n) is 28.2. The highest BCUT2D eigenvalue weighted by atomic mass is 31.2. The van der Waals surface area contributed by atoms with Gasteiger partial charge in [-0.05, 0) is 19.6 Å². The third-order valence-corrected chi connectivity index (χ3v) is 20.3. The Morgan fingerprint density at radius 2 is 0.838 bits per heavy atom. The van der Waals surface area contributed by atoms with Crippen LogP contribution in [0.4, 0.5) is 0 Å². The zero-order chi connectivity index (χ0) is 86.7. The summed E-state index contributed by atoms with van der Waals surface area (Å²) in [7, 11) is -6.45. The molecule has 11 amide bonds. The van der Waals surface area contributed by atoms with Crippen LogP contribution in [0.2, 0.25) is 0 Å². The zero-order valence-electron chi connectivity index (χ0n) is 65.9. The van der Waals surface area contributed by atoms with Crippen molar-refractivity contribution in [3.05, 3.63) is 0 Å². The number of aliphatic hydroxyl groups excluding tert-OH is 9. The predicted molar refractivity (Wildman–Crippen MR) is 396 cm³/mol. The quantitative estimate of drug-likeness (QED) is 0.0153. The monoisotopic (exact) mass is 1730 g/mol. The van der Waals surface area contributed by atoms with Gasteiger partial charge in [-0.25, -0.2) is 0 Å². The molecule has 0 saturated carbocycles. The number of aliphatic hydroxyl groups is 9. The number of likely N-dealkylation sites (tertiary alicyclic amines) is 1. The lowest BCUT2D eigenvalue weighted by Crippen LogP contribution is -2.64. The molecule has 9 unspecified atom stereocenters. The van der Waals surface area contributed by atoms with Gasteiger partial charge in [0.25, 0.3) is 0 Å². The van der Waals surface area contributed by atoms with E-state index < -0.39 is 300 Å². The van der Waals surface area contributed by atoms with E-state index in [0.29, 0.717) is 0 Å². The Bertz CT molecular complexity index is 3060. The summed E-state index contributed by atoms with van der Waals surface area (Å²) >= 11 is 0. The first kappa shape index (κ1) is 101. The van der Waals surface area contributed by atoms with E-state index >= 15 is 0 Å². The van der Waals surface area contributed by atoms with Gasteiger partial charge in [-0.2, -0.15) is 0 Å². The fourth-order valence-corrected chi connectivity index (χ4v) is 14.0. The van der Waals surface area contributed by atoms with Crippen molar-refractivity contribution in [2.24, 2.45) is 0 Å². The number of amides is 11. The van der Waals surface area contributed by atoms with Gasteiger partial charge in [0.05, 0.1) is 175 Å². The van der Waals surface area contributed by atoms with Crippen LogP contribution in [0.15, 0.2) is 0 Å². The van der Waals surface area contributed by atoms with Crippen molar-refractivity contribution < 1.29 is 179 Å². The van der Waals surface area contributed by atoms with E-state index in [1.54, 1.807) is 6.92 Å². The topological polar surface area (TPSA) is 680 Å². The van der Waals surface area contributed by atoms with Crippen LogP contribution in [-0.4, -0.2) is 393 Å². The van der Waals surface area contributed by atoms with Gasteiger partial charge in [0.15, 0.2) is 18.9 Å². The Kier molecular flexibility index (Phi) is 44.0. The lowest BCUT2D eigenvalue weighted by atomic mass is 9.97. The van der Waals surface area contributed by atoms with Crippen molar-refractivity contribution in [1.29, 1.82) is 0 Å². The van der Waals surface area contributed by atoms with Gasteiger partial charge in [0.1, 0.15) is 84.7 Å². The number of methoxy groups -OCH3 is 1. The number of hydrogen-bond acceptors (Lipinski definition) is 36. The predicted octanol–water partition coefficient (Wildman–Crippen LogP) is -10.3. The fraction of sp³-hybridized carbons (Fsp3) is 0.821. The van der Waals surface area contributed by atoms with Crippen molar-refractivity contribution in [1.82, 2.24) is 58.1 Å². The minimum atomic E-state index is -3.94. The Hall–Kier alpha value is -6.30. The first-order valence-corrected chi connectivity index (χ1v) is 41.5. The molecule has 5 saturated heterocycles. The molecule has 0 radical (unpaired) electrons. The second kappa shape index (κ2) is 50.8. The van der Waals surface area contributed by atoms with E-state index in [9.17, 15) is 113 Å². The molecular weight excluding hydrogens is 1610 g/mol. The Morgan fingerprint density at radius 3 is 1.17 bits per heavy atom. The van der Waals surface area contributed by atoms with Crippen molar-refractivity contribution in [3.8, 4) is 0 Å². The number of nitrogens with one attached hydrogen (secondary N) is 10. The molecule has 48 nitrogen and oxygen atoms in total. The van der Waals surface area contributed by atoms with E-state index in [0.717, 1.165) is 27.4 Å². The van der Waals surface area contributed by atoms with E-state index in [-0.39, 0.29) is 90.9 Å². The summed E-state index contributed by atoms with van der Waals surface area (Å²) in [5.41, 5.74) is -1.81. The smallest absolute Gasteiger partial charge is 0.325 e. The normalized spacial score (nSPS) is 29.3. The molecular formula is C67H117N11O37P2. The number of hydrogen-bond donors (Lipinski definition) is 21. The fourth-order valence-electron chi connectivity index (χ4n) is 12.5.